The normalized spacial score (nSPS) is 11.6. The maximum absolute atomic E-state index is 14.1. The predicted octanol–water partition coefficient (Wildman–Crippen LogP) is 3.81. The molecule has 90 valence electrons. The number of pyridine rings is 1. The lowest BCUT2D eigenvalue weighted by molar-refractivity contribution is 0.639. The van der Waals surface area contributed by atoms with E-state index in [0.717, 1.165) is 32.3 Å². The third-order valence-electron chi connectivity index (χ3n) is 3.69. The first kappa shape index (κ1) is 10.4. The van der Waals surface area contributed by atoms with Crippen molar-refractivity contribution in [3.05, 3.63) is 59.7 Å². The number of halogens is 1. The van der Waals surface area contributed by atoms with Crippen LogP contribution in [0.25, 0.3) is 39.0 Å². The van der Waals surface area contributed by atoms with Gasteiger partial charge < -0.3 is 0 Å². The molecule has 1 aromatic heterocycles. The molecule has 1 nitrogen and oxygen atoms in total. The van der Waals surface area contributed by atoms with Crippen molar-refractivity contribution < 1.29 is 4.39 Å². The molecular weight excluding hydrogens is 237 g/mol. The molecule has 0 fully saturated rings. The second-order valence-corrected chi connectivity index (χ2v) is 4.70. The molecule has 1 heterocycles. The Labute approximate surface area is 109 Å². The predicted molar refractivity (Wildman–Crippen MR) is 77.5 cm³/mol. The molecule has 0 radical (unpaired) electrons. The van der Waals surface area contributed by atoms with E-state index in [0.29, 0.717) is 5.39 Å². The summed E-state index contributed by atoms with van der Waals surface area (Å²) in [4.78, 5) is 4.45. The molecule has 0 bridgehead atoms. The highest BCUT2D eigenvalue weighted by Gasteiger charge is 2.11. The van der Waals surface area contributed by atoms with Crippen molar-refractivity contribution in [2.45, 2.75) is 0 Å². The van der Waals surface area contributed by atoms with Gasteiger partial charge in [0, 0.05) is 22.4 Å². The summed E-state index contributed by atoms with van der Waals surface area (Å²) in [5.41, 5.74) is 0.843. The Morgan fingerprint density at radius 1 is 0.895 bits per heavy atom. The molecule has 4 rings (SSSR count). The molecule has 0 amide bonds. The third kappa shape index (κ3) is 1.26. The highest BCUT2D eigenvalue weighted by molar-refractivity contribution is 6.19. The van der Waals surface area contributed by atoms with Gasteiger partial charge in [-0.15, -0.1) is 0 Å². The van der Waals surface area contributed by atoms with Crippen LogP contribution < -0.4 is 5.22 Å². The Bertz CT molecular complexity index is 983. The van der Waals surface area contributed by atoms with Crippen molar-refractivity contribution in [2.75, 3.05) is 0 Å². The zero-order valence-electron chi connectivity index (χ0n) is 10.2. The largest absolute Gasteiger partial charge is 0.256 e. The number of fused-ring (bicyclic) bond motifs is 2. The maximum atomic E-state index is 14.1. The summed E-state index contributed by atoms with van der Waals surface area (Å²) in [6.45, 7) is 4.07. The first-order chi connectivity index (χ1) is 9.27. The van der Waals surface area contributed by atoms with Crippen LogP contribution in [0.5, 0.6) is 0 Å². The van der Waals surface area contributed by atoms with Crippen LogP contribution in [0.1, 0.15) is 0 Å². The number of nitrogens with zero attached hydrogens (tertiary/aromatic N) is 1. The molecule has 4 aromatic rings. The van der Waals surface area contributed by atoms with Crippen molar-refractivity contribution >= 4 is 39.0 Å². The number of rotatable bonds is 0. The molecule has 0 saturated heterocycles. The summed E-state index contributed by atoms with van der Waals surface area (Å²) in [6.07, 6.45) is 1.77. The summed E-state index contributed by atoms with van der Waals surface area (Å²) in [5, 5.41) is 5.28. The minimum absolute atomic E-state index is 0.240. The molecule has 0 unspecified atom stereocenters. The molecule has 0 spiro atoms. The van der Waals surface area contributed by atoms with Crippen molar-refractivity contribution in [3.8, 4) is 0 Å². The Kier molecular flexibility index (Phi) is 1.93. The zero-order chi connectivity index (χ0) is 13.0. The molecule has 0 aliphatic carbocycles. The van der Waals surface area contributed by atoms with Gasteiger partial charge in [-0.25, -0.2) is 4.39 Å². The Hall–Kier alpha value is -2.48. The second kappa shape index (κ2) is 3.51. The van der Waals surface area contributed by atoms with Gasteiger partial charge in [0.05, 0.1) is 5.52 Å². The molecule has 0 N–H and O–H groups in total. The standard InChI is InChI=1S/C17H10FN/c1-10-12-5-2-4-11-8-9-19-17(16(11)12)13-6-3-7-14(18)15(10)13/h2-9H,1H2. The average molecular weight is 247 g/mol. The van der Waals surface area contributed by atoms with E-state index in [1.807, 2.05) is 30.3 Å². The van der Waals surface area contributed by atoms with E-state index in [-0.39, 0.29) is 5.82 Å². The molecule has 0 saturated carbocycles. The van der Waals surface area contributed by atoms with Crippen LogP contribution in [0.3, 0.4) is 0 Å². The lowest BCUT2D eigenvalue weighted by Crippen LogP contribution is -2.05. The second-order valence-electron chi connectivity index (χ2n) is 4.70. The third-order valence-corrected chi connectivity index (χ3v) is 3.69. The van der Waals surface area contributed by atoms with Gasteiger partial charge in [-0.2, -0.15) is 0 Å². The fourth-order valence-corrected chi connectivity index (χ4v) is 2.85. The van der Waals surface area contributed by atoms with Gasteiger partial charge >= 0.3 is 0 Å². The molecule has 0 aliphatic rings. The van der Waals surface area contributed by atoms with Gasteiger partial charge in [0.15, 0.2) is 0 Å². The van der Waals surface area contributed by atoms with E-state index in [4.69, 9.17) is 0 Å². The van der Waals surface area contributed by atoms with Crippen LogP contribution in [0, 0.1) is 5.82 Å². The van der Waals surface area contributed by atoms with Gasteiger partial charge in [0.25, 0.3) is 0 Å². The van der Waals surface area contributed by atoms with Gasteiger partial charge in [-0.3, -0.25) is 4.98 Å². The minimum Gasteiger partial charge on any atom is -0.256 e. The van der Waals surface area contributed by atoms with E-state index in [9.17, 15) is 4.39 Å². The van der Waals surface area contributed by atoms with Crippen molar-refractivity contribution in [2.24, 2.45) is 0 Å². The van der Waals surface area contributed by atoms with Crippen LogP contribution >= 0.6 is 0 Å². The lowest BCUT2D eigenvalue weighted by Gasteiger charge is -2.10. The van der Waals surface area contributed by atoms with E-state index in [1.165, 1.54) is 6.07 Å². The number of benzene rings is 3. The van der Waals surface area contributed by atoms with Gasteiger partial charge in [-0.05, 0) is 28.1 Å². The van der Waals surface area contributed by atoms with Crippen LogP contribution in [0.15, 0.2) is 48.7 Å². The van der Waals surface area contributed by atoms with E-state index in [1.54, 1.807) is 12.3 Å². The van der Waals surface area contributed by atoms with Crippen molar-refractivity contribution in [1.29, 1.82) is 0 Å². The molecular formula is C17H10FN. The van der Waals surface area contributed by atoms with Crippen LogP contribution in [-0.2, 0) is 0 Å². The maximum Gasteiger partial charge on any atom is 0.131 e. The monoisotopic (exact) mass is 247 g/mol. The number of hydrogen-bond donors (Lipinski definition) is 0. The zero-order valence-corrected chi connectivity index (χ0v) is 10.2. The number of aromatic nitrogens is 1. The SMILES string of the molecule is C=c1c2cccc3ccnc(c4cccc(F)c14)c32. The van der Waals surface area contributed by atoms with Gasteiger partial charge in [0.2, 0.25) is 0 Å². The first-order valence-corrected chi connectivity index (χ1v) is 6.13. The van der Waals surface area contributed by atoms with E-state index in [2.05, 4.69) is 11.6 Å². The molecule has 0 aliphatic heterocycles. The summed E-state index contributed by atoms with van der Waals surface area (Å²) in [6, 6.07) is 13.1. The quantitative estimate of drug-likeness (QED) is 0.340. The Morgan fingerprint density at radius 3 is 2.58 bits per heavy atom. The topological polar surface area (TPSA) is 12.9 Å². The molecule has 2 heteroatoms. The van der Waals surface area contributed by atoms with Crippen molar-refractivity contribution in [3.63, 3.8) is 0 Å². The minimum atomic E-state index is -0.240. The number of hydrogen-bond acceptors (Lipinski definition) is 1. The summed E-state index contributed by atoms with van der Waals surface area (Å²) < 4.78 is 14.1. The van der Waals surface area contributed by atoms with Crippen LogP contribution in [-0.4, -0.2) is 4.98 Å². The fourth-order valence-electron chi connectivity index (χ4n) is 2.85. The molecule has 19 heavy (non-hydrogen) atoms. The Balaban J connectivity index is 2.52. The smallest absolute Gasteiger partial charge is 0.131 e. The van der Waals surface area contributed by atoms with Crippen LogP contribution in [0.4, 0.5) is 4.39 Å². The van der Waals surface area contributed by atoms with Gasteiger partial charge in [0.1, 0.15) is 5.82 Å². The average Bonchev–Trinajstić information content (AvgIpc) is 2.44. The van der Waals surface area contributed by atoms with Crippen LogP contribution in [0.2, 0.25) is 0 Å². The van der Waals surface area contributed by atoms with Crippen molar-refractivity contribution in [1.82, 2.24) is 4.98 Å². The molecule has 0 atom stereocenters. The lowest BCUT2D eigenvalue weighted by atomic mass is 9.97. The van der Waals surface area contributed by atoms with E-state index < -0.39 is 0 Å². The summed E-state index contributed by atoms with van der Waals surface area (Å²) in [7, 11) is 0. The highest BCUT2D eigenvalue weighted by atomic mass is 19.1. The van der Waals surface area contributed by atoms with Gasteiger partial charge in [-0.1, -0.05) is 36.9 Å². The summed E-state index contributed by atoms with van der Waals surface area (Å²) >= 11 is 0. The fraction of sp³-hybridized carbons (Fsp3) is 0. The molecule has 3 aromatic carbocycles. The highest BCUT2D eigenvalue weighted by Crippen LogP contribution is 2.29. The Morgan fingerprint density at radius 2 is 1.68 bits per heavy atom. The summed E-state index contributed by atoms with van der Waals surface area (Å²) in [5.74, 6) is -0.240. The first-order valence-electron chi connectivity index (χ1n) is 6.13. The van der Waals surface area contributed by atoms with E-state index >= 15 is 0 Å².